The van der Waals surface area contributed by atoms with Crippen molar-refractivity contribution in [2.24, 2.45) is 16.1 Å². The number of rotatable bonds is 3. The molecule has 1 aliphatic heterocycles. The van der Waals surface area contributed by atoms with Gasteiger partial charge in [0.1, 0.15) is 0 Å². The zero-order valence-electron chi connectivity index (χ0n) is 8.67. The fourth-order valence-electron chi connectivity index (χ4n) is 1.04. The molecule has 0 aromatic carbocycles. The molecule has 0 spiro atoms. The molecule has 1 heterocycles. The summed E-state index contributed by atoms with van der Waals surface area (Å²) in [5.41, 5.74) is 5.32. The fourth-order valence-corrected chi connectivity index (χ4v) is 2.02. The van der Waals surface area contributed by atoms with Crippen molar-refractivity contribution in [3.63, 3.8) is 0 Å². The monoisotopic (exact) mass is 215 g/mol. The lowest BCUT2D eigenvalue weighted by molar-refractivity contribution is -0.117. The number of hydrogen-bond acceptors (Lipinski definition) is 4. The van der Waals surface area contributed by atoms with E-state index in [9.17, 15) is 4.79 Å². The summed E-state index contributed by atoms with van der Waals surface area (Å²) >= 11 is 1.71. The van der Waals surface area contributed by atoms with Gasteiger partial charge in [0.25, 0.3) is 0 Å². The van der Waals surface area contributed by atoms with Gasteiger partial charge >= 0.3 is 0 Å². The van der Waals surface area contributed by atoms with Crippen molar-refractivity contribution in [3.8, 4) is 0 Å². The molecule has 0 unspecified atom stereocenters. The molecule has 5 heteroatoms. The van der Waals surface area contributed by atoms with Crippen LogP contribution in [0.25, 0.3) is 0 Å². The summed E-state index contributed by atoms with van der Waals surface area (Å²) < 4.78 is 0. The van der Waals surface area contributed by atoms with Gasteiger partial charge in [-0.2, -0.15) is 0 Å². The third kappa shape index (κ3) is 4.00. The van der Waals surface area contributed by atoms with Gasteiger partial charge in [-0.15, -0.1) is 0 Å². The summed E-state index contributed by atoms with van der Waals surface area (Å²) in [6.07, 6.45) is 0.364. The molecule has 0 aliphatic carbocycles. The Bertz CT molecular complexity index is 250. The highest BCUT2D eigenvalue weighted by Gasteiger charge is 2.22. The highest BCUT2D eigenvalue weighted by atomic mass is 32.2. The summed E-state index contributed by atoms with van der Waals surface area (Å²) in [6.45, 7) is 5.83. The summed E-state index contributed by atoms with van der Waals surface area (Å²) in [5, 5.41) is 4.04. The maximum absolute atomic E-state index is 10.5. The minimum absolute atomic E-state index is 0.278. The lowest BCUT2D eigenvalue weighted by atomic mass is 9.97. The van der Waals surface area contributed by atoms with Crippen LogP contribution in [0.1, 0.15) is 20.3 Å². The Balaban J connectivity index is 2.27. The minimum Gasteiger partial charge on any atom is -0.370 e. The number of primary amides is 1. The van der Waals surface area contributed by atoms with Crippen LogP contribution in [-0.2, 0) is 4.79 Å². The van der Waals surface area contributed by atoms with Gasteiger partial charge in [0.15, 0.2) is 5.17 Å². The van der Waals surface area contributed by atoms with Crippen LogP contribution in [0.15, 0.2) is 4.99 Å². The standard InChI is InChI=1S/C9H17N3OS/c1-9(2)5-12-8(14-6-9)11-4-3-7(10)13/h3-6H2,1-2H3,(H2,10,13)(H,11,12). The third-order valence-corrected chi connectivity index (χ3v) is 3.37. The number of carbonyl (C=O) groups is 1. The molecule has 0 saturated heterocycles. The zero-order valence-corrected chi connectivity index (χ0v) is 9.49. The van der Waals surface area contributed by atoms with Gasteiger partial charge in [-0.25, -0.2) is 0 Å². The van der Waals surface area contributed by atoms with Crippen molar-refractivity contribution in [1.29, 1.82) is 0 Å². The van der Waals surface area contributed by atoms with Gasteiger partial charge in [-0.05, 0) is 5.41 Å². The Kier molecular flexibility index (Phi) is 3.80. The van der Waals surface area contributed by atoms with Gasteiger partial charge in [-0.3, -0.25) is 9.79 Å². The van der Waals surface area contributed by atoms with E-state index in [4.69, 9.17) is 5.73 Å². The van der Waals surface area contributed by atoms with E-state index in [1.54, 1.807) is 11.8 Å². The maximum atomic E-state index is 10.5. The van der Waals surface area contributed by atoms with Gasteiger partial charge in [0, 0.05) is 25.3 Å². The average molecular weight is 215 g/mol. The van der Waals surface area contributed by atoms with Crippen LogP contribution in [0, 0.1) is 5.41 Å². The Morgan fingerprint density at radius 2 is 2.43 bits per heavy atom. The van der Waals surface area contributed by atoms with Gasteiger partial charge < -0.3 is 11.1 Å². The van der Waals surface area contributed by atoms with E-state index in [1.165, 1.54) is 0 Å². The number of nitrogens with zero attached hydrogens (tertiary/aromatic N) is 1. The molecule has 0 aromatic heterocycles. The van der Waals surface area contributed by atoms with Gasteiger partial charge in [-0.1, -0.05) is 25.6 Å². The van der Waals surface area contributed by atoms with E-state index >= 15 is 0 Å². The lowest BCUT2D eigenvalue weighted by Crippen LogP contribution is -2.32. The summed E-state index contributed by atoms with van der Waals surface area (Å²) in [7, 11) is 0. The van der Waals surface area contributed by atoms with Crippen molar-refractivity contribution in [2.75, 3.05) is 18.8 Å². The number of amides is 1. The predicted molar refractivity (Wildman–Crippen MR) is 60.4 cm³/mol. The Morgan fingerprint density at radius 3 is 2.93 bits per heavy atom. The summed E-state index contributed by atoms with van der Waals surface area (Å²) in [5.74, 6) is 0.786. The van der Waals surface area contributed by atoms with Gasteiger partial charge in [0.05, 0.1) is 0 Å². The lowest BCUT2D eigenvalue weighted by Gasteiger charge is -2.27. The van der Waals surface area contributed by atoms with Crippen molar-refractivity contribution in [2.45, 2.75) is 20.3 Å². The van der Waals surface area contributed by atoms with Crippen LogP contribution >= 0.6 is 11.8 Å². The third-order valence-electron chi connectivity index (χ3n) is 1.90. The Hall–Kier alpha value is -0.710. The molecule has 0 atom stereocenters. The number of hydrogen-bond donors (Lipinski definition) is 2. The van der Waals surface area contributed by atoms with E-state index in [0.29, 0.717) is 18.4 Å². The molecular formula is C9H17N3OS. The van der Waals surface area contributed by atoms with Crippen molar-refractivity contribution in [3.05, 3.63) is 0 Å². The van der Waals surface area contributed by atoms with Crippen LogP contribution in [0.5, 0.6) is 0 Å². The number of amidine groups is 1. The topological polar surface area (TPSA) is 67.5 Å². The molecule has 1 rings (SSSR count). The first-order chi connectivity index (χ1) is 6.49. The van der Waals surface area contributed by atoms with E-state index in [0.717, 1.165) is 17.5 Å². The molecule has 14 heavy (non-hydrogen) atoms. The van der Waals surface area contributed by atoms with E-state index in [1.807, 2.05) is 0 Å². The second-order valence-corrected chi connectivity index (χ2v) is 5.18. The van der Waals surface area contributed by atoms with E-state index in [2.05, 4.69) is 24.2 Å². The SMILES string of the molecule is CC1(C)CN=C(NCCC(N)=O)SC1. The van der Waals surface area contributed by atoms with Crippen molar-refractivity contribution >= 4 is 22.8 Å². The number of aliphatic imine (C=N–C) groups is 1. The molecule has 4 nitrogen and oxygen atoms in total. The molecule has 3 N–H and O–H groups in total. The Morgan fingerprint density at radius 1 is 1.71 bits per heavy atom. The molecule has 0 aromatic rings. The zero-order chi connectivity index (χ0) is 10.6. The molecule has 1 amide bonds. The Labute approximate surface area is 88.7 Å². The van der Waals surface area contributed by atoms with E-state index < -0.39 is 0 Å². The molecule has 0 saturated carbocycles. The molecular weight excluding hydrogens is 198 g/mol. The number of nitrogens with one attached hydrogen (secondary N) is 1. The quantitative estimate of drug-likeness (QED) is 0.723. The predicted octanol–water partition coefficient (Wildman–Crippen LogP) is 0.580. The number of carbonyl (C=O) groups excluding carboxylic acids is 1. The van der Waals surface area contributed by atoms with Crippen LogP contribution in [0.2, 0.25) is 0 Å². The maximum Gasteiger partial charge on any atom is 0.219 e. The van der Waals surface area contributed by atoms with Crippen LogP contribution in [0.4, 0.5) is 0 Å². The molecule has 0 fully saturated rings. The molecule has 0 bridgehead atoms. The highest BCUT2D eigenvalue weighted by Crippen LogP contribution is 2.26. The second-order valence-electron chi connectivity index (χ2n) is 4.22. The first-order valence-corrected chi connectivity index (χ1v) is 5.68. The van der Waals surface area contributed by atoms with Crippen LogP contribution < -0.4 is 11.1 Å². The second kappa shape index (κ2) is 4.68. The van der Waals surface area contributed by atoms with Crippen LogP contribution in [-0.4, -0.2) is 29.9 Å². The van der Waals surface area contributed by atoms with E-state index in [-0.39, 0.29) is 5.91 Å². The smallest absolute Gasteiger partial charge is 0.219 e. The molecule has 0 radical (unpaired) electrons. The highest BCUT2D eigenvalue weighted by molar-refractivity contribution is 8.13. The first kappa shape index (κ1) is 11.4. The van der Waals surface area contributed by atoms with Crippen molar-refractivity contribution in [1.82, 2.24) is 5.32 Å². The number of thioether (sulfide) groups is 1. The summed E-state index contributed by atoms with van der Waals surface area (Å²) in [4.78, 5) is 14.9. The summed E-state index contributed by atoms with van der Waals surface area (Å²) in [6, 6.07) is 0. The molecule has 1 aliphatic rings. The fraction of sp³-hybridized carbons (Fsp3) is 0.778. The van der Waals surface area contributed by atoms with Gasteiger partial charge in [0.2, 0.25) is 5.91 Å². The van der Waals surface area contributed by atoms with Crippen molar-refractivity contribution < 1.29 is 4.79 Å². The molecule has 80 valence electrons. The average Bonchev–Trinajstić information content (AvgIpc) is 2.07. The minimum atomic E-state index is -0.278. The normalized spacial score (nSPS) is 20.0. The first-order valence-electron chi connectivity index (χ1n) is 4.69. The number of nitrogens with two attached hydrogens (primary N) is 1. The van der Waals surface area contributed by atoms with Crippen LogP contribution in [0.3, 0.4) is 0 Å². The largest absolute Gasteiger partial charge is 0.370 e.